The van der Waals surface area contributed by atoms with E-state index in [-0.39, 0.29) is 5.41 Å². The third-order valence-corrected chi connectivity index (χ3v) is 4.68. The van der Waals surface area contributed by atoms with Crippen LogP contribution in [0.2, 0.25) is 0 Å². The summed E-state index contributed by atoms with van der Waals surface area (Å²) in [7, 11) is 0. The van der Waals surface area contributed by atoms with E-state index in [0.29, 0.717) is 6.04 Å². The Bertz CT molecular complexity index is 581. The van der Waals surface area contributed by atoms with E-state index in [1.54, 1.807) is 0 Å². The molecule has 1 fully saturated rings. The highest BCUT2D eigenvalue weighted by atomic mass is 15.1. The predicted octanol–water partition coefficient (Wildman–Crippen LogP) is 5.35. The smallest absolute Gasteiger partial charge is 0.0953 e. The number of aromatic nitrogens is 2. The second-order valence-electron chi connectivity index (χ2n) is 7.31. The Morgan fingerprint density at radius 1 is 1.00 bits per heavy atom. The molecule has 0 amide bonds. The van der Waals surface area contributed by atoms with Gasteiger partial charge in [0, 0.05) is 6.04 Å². The lowest BCUT2D eigenvalue weighted by molar-refractivity contribution is 0.355. The van der Waals surface area contributed by atoms with Gasteiger partial charge in [-0.15, -0.1) is 0 Å². The maximum absolute atomic E-state index is 4.41. The summed E-state index contributed by atoms with van der Waals surface area (Å²) in [6, 6.07) is 9.65. The highest BCUT2D eigenvalue weighted by molar-refractivity contribution is 5.59. The van der Waals surface area contributed by atoms with Crippen LogP contribution in [0.4, 0.5) is 0 Å². The first-order valence-corrected chi connectivity index (χ1v) is 8.18. The van der Waals surface area contributed by atoms with Gasteiger partial charge < -0.3 is 4.57 Å². The van der Waals surface area contributed by atoms with Crippen molar-refractivity contribution in [1.82, 2.24) is 9.55 Å². The molecule has 0 bridgehead atoms. The van der Waals surface area contributed by atoms with Crippen molar-refractivity contribution >= 4 is 0 Å². The van der Waals surface area contributed by atoms with Crippen LogP contribution in [0.25, 0.3) is 11.3 Å². The van der Waals surface area contributed by atoms with Crippen molar-refractivity contribution in [2.45, 2.75) is 64.3 Å². The molecule has 3 rings (SSSR count). The number of hydrogen-bond acceptors (Lipinski definition) is 1. The molecule has 1 saturated carbocycles. The minimum Gasteiger partial charge on any atom is -0.328 e. The second-order valence-corrected chi connectivity index (χ2v) is 7.31. The summed E-state index contributed by atoms with van der Waals surface area (Å²) in [5.41, 5.74) is 4.14. The van der Waals surface area contributed by atoms with Crippen molar-refractivity contribution in [3.8, 4) is 11.3 Å². The summed E-state index contributed by atoms with van der Waals surface area (Å²) in [4.78, 5) is 4.41. The van der Waals surface area contributed by atoms with Crippen LogP contribution in [0.1, 0.15) is 64.5 Å². The van der Waals surface area contributed by atoms with Crippen LogP contribution in [0, 0.1) is 0 Å². The predicted molar refractivity (Wildman–Crippen MR) is 88.5 cm³/mol. The van der Waals surface area contributed by atoms with Gasteiger partial charge in [-0.25, -0.2) is 4.98 Å². The van der Waals surface area contributed by atoms with E-state index in [1.807, 2.05) is 12.5 Å². The highest BCUT2D eigenvalue weighted by Crippen LogP contribution is 2.33. The van der Waals surface area contributed by atoms with Crippen molar-refractivity contribution in [3.63, 3.8) is 0 Å². The molecule has 1 aliphatic carbocycles. The first kappa shape index (κ1) is 14.4. The molecule has 1 heterocycles. The molecule has 21 heavy (non-hydrogen) atoms. The molecule has 0 unspecified atom stereocenters. The van der Waals surface area contributed by atoms with Crippen molar-refractivity contribution < 1.29 is 0 Å². The molecule has 0 radical (unpaired) electrons. The maximum Gasteiger partial charge on any atom is 0.0953 e. The first-order valence-electron chi connectivity index (χ1n) is 8.18. The summed E-state index contributed by atoms with van der Waals surface area (Å²) >= 11 is 0. The molecular weight excluding hydrogens is 256 g/mol. The molecule has 1 aromatic heterocycles. The fourth-order valence-corrected chi connectivity index (χ4v) is 3.32. The lowest BCUT2D eigenvalue weighted by Gasteiger charge is -2.25. The quantitative estimate of drug-likeness (QED) is 0.725. The number of hydrogen-bond donors (Lipinski definition) is 0. The maximum atomic E-state index is 4.41. The van der Waals surface area contributed by atoms with Gasteiger partial charge >= 0.3 is 0 Å². The summed E-state index contributed by atoms with van der Waals surface area (Å²) in [6.07, 6.45) is 10.7. The largest absolute Gasteiger partial charge is 0.328 e. The van der Waals surface area contributed by atoms with Gasteiger partial charge in [0.1, 0.15) is 0 Å². The number of imidazole rings is 1. The van der Waals surface area contributed by atoms with Crippen LogP contribution in [0.3, 0.4) is 0 Å². The van der Waals surface area contributed by atoms with Gasteiger partial charge in [0.15, 0.2) is 0 Å². The summed E-state index contributed by atoms with van der Waals surface area (Å²) in [5, 5.41) is 0. The van der Waals surface area contributed by atoms with Gasteiger partial charge in [-0.3, -0.25) is 0 Å². The van der Waals surface area contributed by atoms with E-state index in [4.69, 9.17) is 0 Å². The van der Waals surface area contributed by atoms with Crippen molar-refractivity contribution in [3.05, 3.63) is 42.4 Å². The average molecular weight is 282 g/mol. The van der Waals surface area contributed by atoms with Gasteiger partial charge in [0.2, 0.25) is 0 Å². The minimum atomic E-state index is 0.210. The van der Waals surface area contributed by atoms with Crippen molar-refractivity contribution in [2.75, 3.05) is 0 Å². The molecule has 2 heteroatoms. The number of benzene rings is 1. The van der Waals surface area contributed by atoms with Gasteiger partial charge in [0.05, 0.1) is 18.2 Å². The molecule has 0 spiro atoms. The Balaban J connectivity index is 1.89. The molecule has 0 atom stereocenters. The second kappa shape index (κ2) is 5.67. The van der Waals surface area contributed by atoms with Crippen LogP contribution < -0.4 is 0 Å². The molecular formula is C19H26N2. The van der Waals surface area contributed by atoms with Crippen molar-refractivity contribution in [2.24, 2.45) is 0 Å². The normalized spacial score (nSPS) is 17.1. The lowest BCUT2D eigenvalue weighted by atomic mass is 9.86. The Morgan fingerprint density at radius 3 is 2.29 bits per heavy atom. The Morgan fingerprint density at radius 2 is 1.67 bits per heavy atom. The SMILES string of the molecule is CC(C)(C)c1ccc(-c2cncn2C2CCCCC2)cc1. The Kier molecular flexibility index (Phi) is 3.88. The minimum absolute atomic E-state index is 0.210. The van der Waals surface area contributed by atoms with E-state index in [0.717, 1.165) is 0 Å². The first-order chi connectivity index (χ1) is 10.1. The van der Waals surface area contributed by atoms with Gasteiger partial charge in [0.25, 0.3) is 0 Å². The van der Waals surface area contributed by atoms with Crippen LogP contribution in [-0.2, 0) is 5.41 Å². The fourth-order valence-electron chi connectivity index (χ4n) is 3.32. The van der Waals surface area contributed by atoms with Gasteiger partial charge in [-0.2, -0.15) is 0 Å². The van der Waals surface area contributed by atoms with E-state index in [2.05, 4.69) is 54.6 Å². The zero-order valence-corrected chi connectivity index (χ0v) is 13.5. The Hall–Kier alpha value is -1.57. The summed E-state index contributed by atoms with van der Waals surface area (Å²) < 4.78 is 2.39. The average Bonchev–Trinajstić information content (AvgIpc) is 2.97. The molecule has 0 saturated heterocycles. The summed E-state index contributed by atoms with van der Waals surface area (Å²) in [5.74, 6) is 0. The summed E-state index contributed by atoms with van der Waals surface area (Å²) in [6.45, 7) is 6.77. The van der Waals surface area contributed by atoms with E-state index in [1.165, 1.54) is 48.9 Å². The lowest BCUT2D eigenvalue weighted by Crippen LogP contribution is -2.13. The Labute approximate surface area is 128 Å². The number of nitrogens with zero attached hydrogens (tertiary/aromatic N) is 2. The molecule has 2 nitrogen and oxygen atoms in total. The molecule has 0 N–H and O–H groups in total. The van der Waals surface area contributed by atoms with Crippen LogP contribution in [-0.4, -0.2) is 9.55 Å². The molecule has 1 aliphatic rings. The van der Waals surface area contributed by atoms with Crippen LogP contribution >= 0.6 is 0 Å². The monoisotopic (exact) mass is 282 g/mol. The molecule has 0 aliphatic heterocycles. The zero-order valence-electron chi connectivity index (χ0n) is 13.5. The third-order valence-electron chi connectivity index (χ3n) is 4.68. The van der Waals surface area contributed by atoms with Gasteiger partial charge in [-0.1, -0.05) is 64.3 Å². The highest BCUT2D eigenvalue weighted by Gasteiger charge is 2.19. The third kappa shape index (κ3) is 3.04. The van der Waals surface area contributed by atoms with E-state index >= 15 is 0 Å². The van der Waals surface area contributed by atoms with Crippen LogP contribution in [0.5, 0.6) is 0 Å². The molecule has 2 aromatic rings. The van der Waals surface area contributed by atoms with Crippen LogP contribution in [0.15, 0.2) is 36.8 Å². The fraction of sp³-hybridized carbons (Fsp3) is 0.526. The molecule has 1 aromatic carbocycles. The van der Waals surface area contributed by atoms with Gasteiger partial charge in [-0.05, 0) is 29.4 Å². The topological polar surface area (TPSA) is 17.8 Å². The number of rotatable bonds is 2. The van der Waals surface area contributed by atoms with E-state index in [9.17, 15) is 0 Å². The zero-order chi connectivity index (χ0) is 14.9. The molecule has 112 valence electrons. The standard InChI is InChI=1S/C19H26N2/c1-19(2,3)16-11-9-15(10-12-16)18-13-20-14-21(18)17-7-5-4-6-8-17/h9-14,17H,4-8H2,1-3H3. The van der Waals surface area contributed by atoms with Crippen molar-refractivity contribution in [1.29, 1.82) is 0 Å². The van der Waals surface area contributed by atoms with E-state index < -0.39 is 0 Å².